The van der Waals surface area contributed by atoms with Crippen LogP contribution >= 0.6 is 0 Å². The molecule has 96 valence electrons. The smallest absolute Gasteiger partial charge is 0.182 e. The first-order valence-electron chi connectivity index (χ1n) is 6.61. The fraction of sp³-hybridized carbons (Fsp3) is 0.312. The van der Waals surface area contributed by atoms with Crippen LogP contribution in [-0.4, -0.2) is 10.6 Å². The standard InChI is InChI=1S/C16H15NO2/c1-16(2)8-7-12-13-15(18-9-17-13)11-6-4-3-5-10(11)14(12)19-16/h3-6,9H,7-8H2,1-2H3. The first-order valence-corrected chi connectivity index (χ1v) is 6.61. The Morgan fingerprint density at radius 2 is 1.95 bits per heavy atom. The fourth-order valence-corrected chi connectivity index (χ4v) is 2.90. The maximum Gasteiger partial charge on any atom is 0.182 e. The number of aryl methyl sites for hydroxylation is 1. The molecule has 0 saturated carbocycles. The van der Waals surface area contributed by atoms with E-state index in [1.807, 2.05) is 12.1 Å². The summed E-state index contributed by atoms with van der Waals surface area (Å²) in [7, 11) is 0. The van der Waals surface area contributed by atoms with Gasteiger partial charge in [-0.1, -0.05) is 24.3 Å². The highest BCUT2D eigenvalue weighted by Crippen LogP contribution is 2.43. The Morgan fingerprint density at radius 1 is 1.16 bits per heavy atom. The van der Waals surface area contributed by atoms with Crippen LogP contribution in [0.15, 0.2) is 35.1 Å². The number of hydrogen-bond acceptors (Lipinski definition) is 3. The van der Waals surface area contributed by atoms with Gasteiger partial charge in [-0.05, 0) is 26.7 Å². The third-order valence-corrected chi connectivity index (χ3v) is 3.90. The van der Waals surface area contributed by atoms with Gasteiger partial charge in [0.2, 0.25) is 0 Å². The summed E-state index contributed by atoms with van der Waals surface area (Å²) in [4.78, 5) is 4.38. The van der Waals surface area contributed by atoms with E-state index in [0.29, 0.717) is 0 Å². The lowest BCUT2D eigenvalue weighted by Crippen LogP contribution is -2.32. The van der Waals surface area contributed by atoms with Crippen LogP contribution in [0, 0.1) is 0 Å². The topological polar surface area (TPSA) is 35.3 Å². The van der Waals surface area contributed by atoms with Crippen molar-refractivity contribution >= 4 is 21.9 Å². The highest BCUT2D eigenvalue weighted by atomic mass is 16.5. The quantitative estimate of drug-likeness (QED) is 0.605. The van der Waals surface area contributed by atoms with Crippen molar-refractivity contribution < 1.29 is 9.15 Å². The number of aromatic nitrogens is 1. The lowest BCUT2D eigenvalue weighted by atomic mass is 9.91. The minimum atomic E-state index is -0.118. The lowest BCUT2D eigenvalue weighted by Gasteiger charge is -2.33. The molecule has 0 bridgehead atoms. The Hall–Kier alpha value is -2.03. The van der Waals surface area contributed by atoms with Crippen LogP contribution in [0.4, 0.5) is 0 Å². The molecule has 2 aromatic carbocycles. The largest absolute Gasteiger partial charge is 0.487 e. The number of ether oxygens (including phenoxy) is 1. The van der Waals surface area contributed by atoms with Crippen LogP contribution in [0.25, 0.3) is 21.9 Å². The third-order valence-electron chi connectivity index (χ3n) is 3.90. The summed E-state index contributed by atoms with van der Waals surface area (Å²) in [6.45, 7) is 4.27. The van der Waals surface area contributed by atoms with Gasteiger partial charge in [0, 0.05) is 16.3 Å². The molecular weight excluding hydrogens is 238 g/mol. The minimum Gasteiger partial charge on any atom is -0.487 e. The molecule has 19 heavy (non-hydrogen) atoms. The molecule has 0 spiro atoms. The summed E-state index contributed by atoms with van der Waals surface area (Å²) >= 11 is 0. The molecule has 0 amide bonds. The minimum absolute atomic E-state index is 0.118. The molecule has 2 heterocycles. The second-order valence-electron chi connectivity index (χ2n) is 5.75. The van der Waals surface area contributed by atoms with Crippen molar-refractivity contribution in [3.8, 4) is 5.75 Å². The van der Waals surface area contributed by atoms with Crippen LogP contribution in [0.2, 0.25) is 0 Å². The molecule has 0 N–H and O–H groups in total. The van der Waals surface area contributed by atoms with Crippen LogP contribution in [0.1, 0.15) is 25.8 Å². The van der Waals surface area contributed by atoms with E-state index in [0.717, 1.165) is 40.5 Å². The van der Waals surface area contributed by atoms with Crippen LogP contribution in [0.3, 0.4) is 0 Å². The molecule has 3 aromatic rings. The number of rotatable bonds is 0. The number of fused-ring (bicyclic) bond motifs is 6. The van der Waals surface area contributed by atoms with Gasteiger partial charge < -0.3 is 9.15 Å². The number of hydrogen-bond donors (Lipinski definition) is 0. The Labute approximate surface area is 111 Å². The van der Waals surface area contributed by atoms with E-state index in [-0.39, 0.29) is 5.60 Å². The third kappa shape index (κ3) is 1.47. The van der Waals surface area contributed by atoms with E-state index < -0.39 is 0 Å². The maximum atomic E-state index is 6.23. The van der Waals surface area contributed by atoms with Crippen LogP contribution in [0.5, 0.6) is 5.75 Å². The van der Waals surface area contributed by atoms with Gasteiger partial charge in [-0.3, -0.25) is 0 Å². The van der Waals surface area contributed by atoms with Gasteiger partial charge in [0.15, 0.2) is 12.0 Å². The zero-order valence-electron chi connectivity index (χ0n) is 11.1. The summed E-state index contributed by atoms with van der Waals surface area (Å²) in [6.07, 6.45) is 3.51. The van der Waals surface area contributed by atoms with Crippen molar-refractivity contribution in [2.45, 2.75) is 32.3 Å². The number of benzene rings is 2. The molecule has 1 aromatic heterocycles. The van der Waals surface area contributed by atoms with Gasteiger partial charge >= 0.3 is 0 Å². The van der Waals surface area contributed by atoms with Gasteiger partial charge in [0.05, 0.1) is 0 Å². The fourth-order valence-electron chi connectivity index (χ4n) is 2.90. The van der Waals surface area contributed by atoms with E-state index in [1.54, 1.807) is 0 Å². The Morgan fingerprint density at radius 3 is 2.79 bits per heavy atom. The van der Waals surface area contributed by atoms with E-state index in [2.05, 4.69) is 31.0 Å². The first kappa shape index (κ1) is 10.9. The van der Waals surface area contributed by atoms with Crippen molar-refractivity contribution in [2.75, 3.05) is 0 Å². The van der Waals surface area contributed by atoms with Crippen molar-refractivity contribution in [1.29, 1.82) is 0 Å². The molecule has 1 aliphatic rings. The molecule has 1 aliphatic heterocycles. The van der Waals surface area contributed by atoms with Crippen molar-refractivity contribution in [3.63, 3.8) is 0 Å². The second-order valence-corrected chi connectivity index (χ2v) is 5.75. The predicted molar refractivity (Wildman–Crippen MR) is 74.5 cm³/mol. The second kappa shape index (κ2) is 3.50. The maximum absolute atomic E-state index is 6.23. The van der Waals surface area contributed by atoms with E-state index in [9.17, 15) is 0 Å². The Balaban J connectivity index is 2.17. The highest BCUT2D eigenvalue weighted by molar-refractivity contribution is 6.08. The van der Waals surface area contributed by atoms with Gasteiger partial charge in [0.25, 0.3) is 0 Å². The first-order chi connectivity index (χ1) is 9.16. The SMILES string of the molecule is CC1(C)CCc2c(c3ccccc3c3ocnc23)O1. The molecule has 0 unspecified atom stereocenters. The normalized spacial score (nSPS) is 17.4. The summed E-state index contributed by atoms with van der Waals surface area (Å²) in [5.74, 6) is 0.980. The summed E-state index contributed by atoms with van der Waals surface area (Å²) in [6, 6.07) is 8.21. The zero-order valence-corrected chi connectivity index (χ0v) is 11.1. The average molecular weight is 253 g/mol. The molecule has 0 fully saturated rings. The monoisotopic (exact) mass is 253 g/mol. The molecule has 0 atom stereocenters. The lowest BCUT2D eigenvalue weighted by molar-refractivity contribution is 0.0873. The van der Waals surface area contributed by atoms with Gasteiger partial charge in [0.1, 0.15) is 16.9 Å². The highest BCUT2D eigenvalue weighted by Gasteiger charge is 2.30. The predicted octanol–water partition coefficient (Wildman–Crippen LogP) is 4.08. The zero-order chi connectivity index (χ0) is 13.0. The van der Waals surface area contributed by atoms with Gasteiger partial charge in [-0.15, -0.1) is 0 Å². The van der Waals surface area contributed by atoms with Crippen molar-refractivity contribution in [3.05, 3.63) is 36.2 Å². The van der Waals surface area contributed by atoms with Gasteiger partial charge in [-0.2, -0.15) is 0 Å². The molecule has 3 nitrogen and oxygen atoms in total. The number of oxazole rings is 1. The molecule has 0 radical (unpaired) electrons. The van der Waals surface area contributed by atoms with E-state index in [4.69, 9.17) is 9.15 Å². The Bertz CT molecular complexity index is 786. The van der Waals surface area contributed by atoms with Gasteiger partial charge in [-0.25, -0.2) is 4.98 Å². The molecular formula is C16H15NO2. The molecule has 3 heteroatoms. The average Bonchev–Trinajstić information content (AvgIpc) is 2.87. The number of nitrogens with zero attached hydrogens (tertiary/aromatic N) is 1. The summed E-state index contributed by atoms with van der Waals surface area (Å²) in [5, 5.41) is 2.20. The summed E-state index contributed by atoms with van der Waals surface area (Å²) < 4.78 is 11.8. The van der Waals surface area contributed by atoms with Crippen molar-refractivity contribution in [2.24, 2.45) is 0 Å². The van der Waals surface area contributed by atoms with E-state index >= 15 is 0 Å². The van der Waals surface area contributed by atoms with Crippen LogP contribution < -0.4 is 4.74 Å². The molecule has 4 rings (SSSR count). The van der Waals surface area contributed by atoms with E-state index in [1.165, 1.54) is 12.0 Å². The Kier molecular flexibility index (Phi) is 2.00. The van der Waals surface area contributed by atoms with Crippen molar-refractivity contribution in [1.82, 2.24) is 4.98 Å². The molecule has 0 saturated heterocycles. The molecule has 0 aliphatic carbocycles. The van der Waals surface area contributed by atoms with Crippen LogP contribution in [-0.2, 0) is 6.42 Å². The summed E-state index contributed by atoms with van der Waals surface area (Å²) in [5.41, 5.74) is 2.89.